The van der Waals surface area contributed by atoms with Gasteiger partial charge in [0.1, 0.15) is 17.5 Å². The van der Waals surface area contributed by atoms with Gasteiger partial charge in [0, 0.05) is 30.5 Å². The Morgan fingerprint density at radius 2 is 1.95 bits per heavy atom. The second-order valence-corrected chi connectivity index (χ2v) is 5.81. The molecule has 0 atom stereocenters. The van der Waals surface area contributed by atoms with Crippen molar-refractivity contribution in [2.24, 2.45) is 5.41 Å². The van der Waals surface area contributed by atoms with E-state index < -0.39 is 0 Å². The van der Waals surface area contributed by atoms with E-state index >= 15 is 0 Å². The zero-order chi connectivity index (χ0) is 13.3. The molecule has 0 radical (unpaired) electrons. The van der Waals surface area contributed by atoms with E-state index in [0.717, 1.165) is 43.4 Å². The van der Waals surface area contributed by atoms with Crippen molar-refractivity contribution in [3.63, 3.8) is 0 Å². The first-order valence-corrected chi connectivity index (χ1v) is 7.22. The van der Waals surface area contributed by atoms with Gasteiger partial charge in [-0.3, -0.25) is 0 Å². The zero-order valence-electron chi connectivity index (χ0n) is 11.4. The van der Waals surface area contributed by atoms with Gasteiger partial charge in [-0.2, -0.15) is 0 Å². The summed E-state index contributed by atoms with van der Waals surface area (Å²) < 4.78 is 0. The predicted octanol–water partition coefficient (Wildman–Crippen LogP) is 1.97. The van der Waals surface area contributed by atoms with Crippen LogP contribution in [0.3, 0.4) is 0 Å². The molecule has 3 rings (SSSR count). The van der Waals surface area contributed by atoms with E-state index in [0.29, 0.717) is 5.92 Å². The van der Waals surface area contributed by atoms with Crippen LogP contribution in [0.1, 0.15) is 44.3 Å². The van der Waals surface area contributed by atoms with Crippen LogP contribution < -0.4 is 10.6 Å². The van der Waals surface area contributed by atoms with Gasteiger partial charge in [-0.1, -0.05) is 0 Å². The van der Waals surface area contributed by atoms with Crippen LogP contribution in [-0.2, 0) is 0 Å². The summed E-state index contributed by atoms with van der Waals surface area (Å²) in [5.74, 6) is 3.28. The topological polar surface area (TPSA) is 70.1 Å². The molecule has 0 bridgehead atoms. The minimum Gasteiger partial charge on any atom is -0.396 e. The van der Waals surface area contributed by atoms with Crippen molar-refractivity contribution >= 4 is 11.6 Å². The van der Waals surface area contributed by atoms with Gasteiger partial charge in [0.25, 0.3) is 0 Å². The molecule has 2 saturated carbocycles. The van der Waals surface area contributed by atoms with E-state index in [1.165, 1.54) is 12.8 Å². The monoisotopic (exact) mass is 262 g/mol. The van der Waals surface area contributed by atoms with Gasteiger partial charge in [0.2, 0.25) is 0 Å². The molecule has 1 aromatic heterocycles. The molecule has 0 spiro atoms. The van der Waals surface area contributed by atoms with E-state index in [1.807, 2.05) is 6.07 Å². The highest BCUT2D eigenvalue weighted by atomic mass is 16.3. The number of rotatable bonds is 7. The fourth-order valence-corrected chi connectivity index (χ4v) is 2.20. The number of aliphatic hydroxyl groups is 1. The second-order valence-electron chi connectivity index (χ2n) is 5.81. The molecule has 0 amide bonds. The van der Waals surface area contributed by atoms with Gasteiger partial charge in [0.05, 0.1) is 6.61 Å². The summed E-state index contributed by atoms with van der Waals surface area (Å²) in [5, 5.41) is 16.0. The maximum absolute atomic E-state index is 9.34. The minimum atomic E-state index is 0.100. The summed E-state index contributed by atoms with van der Waals surface area (Å²) in [7, 11) is 0. The molecule has 5 nitrogen and oxygen atoms in total. The van der Waals surface area contributed by atoms with Crippen LogP contribution >= 0.6 is 0 Å². The van der Waals surface area contributed by atoms with Crippen molar-refractivity contribution in [1.29, 1.82) is 0 Å². The summed E-state index contributed by atoms with van der Waals surface area (Å²) in [5.41, 5.74) is 0.100. The van der Waals surface area contributed by atoms with Gasteiger partial charge in [0.15, 0.2) is 0 Å². The van der Waals surface area contributed by atoms with Crippen LogP contribution in [0.2, 0.25) is 0 Å². The smallest absolute Gasteiger partial charge is 0.136 e. The van der Waals surface area contributed by atoms with Gasteiger partial charge in [-0.15, -0.1) is 0 Å². The van der Waals surface area contributed by atoms with E-state index in [2.05, 4.69) is 27.5 Å². The lowest BCUT2D eigenvalue weighted by Gasteiger charge is -2.14. The first kappa shape index (κ1) is 12.7. The highest BCUT2D eigenvalue weighted by Crippen LogP contribution is 2.45. The Bertz CT molecular complexity index is 455. The van der Waals surface area contributed by atoms with Crippen LogP contribution in [-0.4, -0.2) is 34.8 Å². The lowest BCUT2D eigenvalue weighted by atomic mass is 10.1. The molecule has 0 saturated heterocycles. The van der Waals surface area contributed by atoms with Crippen molar-refractivity contribution in [3.05, 3.63) is 11.9 Å². The first-order valence-electron chi connectivity index (χ1n) is 7.22. The third kappa shape index (κ3) is 2.97. The Hall–Kier alpha value is -1.36. The number of hydrogen-bond acceptors (Lipinski definition) is 5. The fourth-order valence-electron chi connectivity index (χ4n) is 2.20. The molecule has 0 aliphatic heterocycles. The molecule has 2 aliphatic carbocycles. The molecular formula is C14H22N4O. The molecule has 0 unspecified atom stereocenters. The van der Waals surface area contributed by atoms with Crippen LogP contribution in [0.5, 0.6) is 0 Å². The van der Waals surface area contributed by atoms with Crippen LogP contribution in [0.15, 0.2) is 6.07 Å². The quantitative estimate of drug-likeness (QED) is 0.701. The van der Waals surface area contributed by atoms with Gasteiger partial charge in [-0.25, -0.2) is 9.97 Å². The number of aliphatic hydroxyl groups excluding tert-OH is 1. The van der Waals surface area contributed by atoms with E-state index in [1.54, 1.807) is 0 Å². The molecule has 1 heterocycles. The second kappa shape index (κ2) is 4.96. The lowest BCUT2D eigenvalue weighted by Crippen LogP contribution is -2.20. The van der Waals surface area contributed by atoms with Crippen molar-refractivity contribution in [3.8, 4) is 0 Å². The van der Waals surface area contributed by atoms with Crippen LogP contribution in [0.25, 0.3) is 0 Å². The summed E-state index contributed by atoms with van der Waals surface area (Å²) in [4.78, 5) is 9.15. The highest BCUT2D eigenvalue weighted by molar-refractivity contribution is 5.48. The van der Waals surface area contributed by atoms with E-state index in [-0.39, 0.29) is 12.0 Å². The molecule has 2 aliphatic rings. The zero-order valence-corrected chi connectivity index (χ0v) is 11.4. The standard InChI is InChI=1S/C14H22N4O/c1-2-15-11-7-12(16-8-14(9-19)5-6-14)18-13(17-11)10-3-4-10/h7,10,19H,2-6,8-9H2,1H3,(H2,15,16,17,18). The van der Waals surface area contributed by atoms with Crippen molar-refractivity contribution in [2.75, 3.05) is 30.3 Å². The van der Waals surface area contributed by atoms with Gasteiger partial charge < -0.3 is 15.7 Å². The minimum absolute atomic E-state index is 0.100. The number of nitrogens with one attached hydrogen (secondary N) is 2. The average Bonchev–Trinajstić information content (AvgIpc) is 3.29. The fraction of sp³-hybridized carbons (Fsp3) is 0.714. The molecule has 19 heavy (non-hydrogen) atoms. The molecule has 5 heteroatoms. The largest absolute Gasteiger partial charge is 0.396 e. The molecule has 3 N–H and O–H groups in total. The average molecular weight is 262 g/mol. The summed E-state index contributed by atoms with van der Waals surface area (Å²) in [6.07, 6.45) is 4.62. The van der Waals surface area contributed by atoms with Crippen molar-refractivity contribution in [1.82, 2.24) is 9.97 Å². The van der Waals surface area contributed by atoms with E-state index in [4.69, 9.17) is 0 Å². The molecule has 104 valence electrons. The normalized spacial score (nSPS) is 20.1. The Morgan fingerprint density at radius 3 is 2.47 bits per heavy atom. The van der Waals surface area contributed by atoms with Gasteiger partial charge in [-0.05, 0) is 32.6 Å². The number of anilines is 2. The summed E-state index contributed by atoms with van der Waals surface area (Å²) in [6, 6.07) is 1.96. The van der Waals surface area contributed by atoms with Crippen LogP contribution in [0, 0.1) is 5.41 Å². The molecule has 1 aromatic rings. The Morgan fingerprint density at radius 1 is 1.26 bits per heavy atom. The van der Waals surface area contributed by atoms with Crippen molar-refractivity contribution in [2.45, 2.75) is 38.5 Å². The molecule has 2 fully saturated rings. The third-order valence-electron chi connectivity index (χ3n) is 3.98. The number of aromatic nitrogens is 2. The van der Waals surface area contributed by atoms with Gasteiger partial charge >= 0.3 is 0 Å². The number of nitrogens with zero attached hydrogens (tertiary/aromatic N) is 2. The third-order valence-corrected chi connectivity index (χ3v) is 3.98. The molecular weight excluding hydrogens is 240 g/mol. The SMILES string of the molecule is CCNc1cc(NCC2(CO)CC2)nc(C2CC2)n1. The maximum atomic E-state index is 9.34. The molecule has 0 aromatic carbocycles. The summed E-state index contributed by atoms with van der Waals surface area (Å²) >= 11 is 0. The lowest BCUT2D eigenvalue weighted by molar-refractivity contribution is 0.219. The maximum Gasteiger partial charge on any atom is 0.136 e. The summed E-state index contributed by atoms with van der Waals surface area (Å²) in [6.45, 7) is 3.99. The Kier molecular flexibility index (Phi) is 3.31. The van der Waals surface area contributed by atoms with E-state index in [9.17, 15) is 5.11 Å². The highest BCUT2D eigenvalue weighted by Gasteiger charge is 2.41. The van der Waals surface area contributed by atoms with Crippen LogP contribution in [0.4, 0.5) is 11.6 Å². The predicted molar refractivity (Wildman–Crippen MR) is 75.4 cm³/mol. The Labute approximate surface area is 113 Å². The Balaban J connectivity index is 1.71. The first-order chi connectivity index (χ1) is 9.24. The number of hydrogen-bond donors (Lipinski definition) is 3. The van der Waals surface area contributed by atoms with Crippen molar-refractivity contribution < 1.29 is 5.11 Å².